The lowest BCUT2D eigenvalue weighted by molar-refractivity contribution is 0.281. The van der Waals surface area contributed by atoms with E-state index in [-0.39, 0.29) is 0 Å². The molecule has 0 fully saturated rings. The van der Waals surface area contributed by atoms with Crippen LogP contribution in [-0.4, -0.2) is 7.11 Å². The molecule has 1 heterocycles. The zero-order valence-corrected chi connectivity index (χ0v) is 6.42. The van der Waals surface area contributed by atoms with E-state index < -0.39 is 0 Å². The number of hydrogen-bond acceptors (Lipinski definition) is 3. The number of nitrogens with one attached hydrogen (secondary N) is 1. The molecule has 0 aromatic heterocycles. The Labute approximate surface area is 63.0 Å². The van der Waals surface area contributed by atoms with Gasteiger partial charge in [0.05, 0.1) is 7.11 Å². The van der Waals surface area contributed by atoms with Crippen molar-refractivity contribution < 1.29 is 4.74 Å². The maximum Gasteiger partial charge on any atom is 0.197 e. The van der Waals surface area contributed by atoms with Gasteiger partial charge in [-0.1, -0.05) is 11.6 Å². The Morgan fingerprint density at radius 1 is 1.89 bits per heavy atom. The maximum atomic E-state index is 5.41. The van der Waals surface area contributed by atoms with Crippen LogP contribution < -0.4 is 4.72 Å². The van der Waals surface area contributed by atoms with Crippen LogP contribution >= 0.6 is 23.5 Å². The van der Waals surface area contributed by atoms with Gasteiger partial charge in [0.25, 0.3) is 0 Å². The lowest BCUT2D eigenvalue weighted by atomic mass is 10.6. The average Bonchev–Trinajstić information content (AvgIpc) is 2.34. The van der Waals surface area contributed by atoms with E-state index in [4.69, 9.17) is 16.3 Å². The van der Waals surface area contributed by atoms with Crippen molar-refractivity contribution in [2.75, 3.05) is 7.11 Å². The number of methoxy groups -OCH3 is 1. The van der Waals surface area contributed by atoms with Gasteiger partial charge in [-0.05, 0) is 11.9 Å². The van der Waals surface area contributed by atoms with E-state index in [1.54, 1.807) is 7.11 Å². The van der Waals surface area contributed by atoms with E-state index >= 15 is 0 Å². The summed E-state index contributed by atoms with van der Waals surface area (Å²) in [6.07, 6.45) is 1.83. The van der Waals surface area contributed by atoms with E-state index in [0.29, 0.717) is 0 Å². The van der Waals surface area contributed by atoms with Gasteiger partial charge in [0.15, 0.2) is 5.88 Å². The summed E-state index contributed by atoms with van der Waals surface area (Å²) in [7, 11) is 1.61. The molecule has 0 bridgehead atoms. The first kappa shape index (κ1) is 6.83. The molecular weight excluding hydrogens is 158 g/mol. The van der Waals surface area contributed by atoms with Crippen LogP contribution in [0.25, 0.3) is 0 Å². The molecule has 0 atom stereocenters. The summed E-state index contributed by atoms with van der Waals surface area (Å²) in [4.78, 5) is 0.966. The normalized spacial score (nSPS) is 21.6. The number of rotatable bonds is 1. The van der Waals surface area contributed by atoms with Gasteiger partial charge in [0.1, 0.15) is 0 Å². The molecule has 50 valence electrons. The predicted molar refractivity (Wildman–Crippen MR) is 39.8 cm³/mol. The molecule has 0 unspecified atom stereocenters. The van der Waals surface area contributed by atoms with Crippen molar-refractivity contribution in [2.24, 2.45) is 0 Å². The van der Waals surface area contributed by atoms with Gasteiger partial charge in [-0.15, -0.1) is 0 Å². The van der Waals surface area contributed by atoms with Crippen LogP contribution in [0.1, 0.15) is 0 Å². The van der Waals surface area contributed by atoms with E-state index in [2.05, 4.69) is 4.72 Å². The van der Waals surface area contributed by atoms with Crippen LogP contribution in [0.3, 0.4) is 0 Å². The van der Waals surface area contributed by atoms with Gasteiger partial charge in [0.2, 0.25) is 0 Å². The highest BCUT2D eigenvalue weighted by Crippen LogP contribution is 2.23. The monoisotopic (exact) mass is 163 g/mol. The number of ether oxygens (including phenoxy) is 1. The highest BCUT2D eigenvalue weighted by atomic mass is 35.5. The molecule has 2 nitrogen and oxygen atoms in total. The van der Waals surface area contributed by atoms with E-state index in [1.807, 2.05) is 6.08 Å². The van der Waals surface area contributed by atoms with Crippen LogP contribution in [0, 0.1) is 0 Å². The van der Waals surface area contributed by atoms with E-state index in [9.17, 15) is 0 Å². The summed E-state index contributed by atoms with van der Waals surface area (Å²) < 4.78 is 7.78. The van der Waals surface area contributed by atoms with Crippen molar-refractivity contribution >= 4 is 23.5 Å². The highest BCUT2D eigenvalue weighted by Gasteiger charge is 2.07. The molecule has 0 saturated carbocycles. The molecule has 0 radical (unpaired) electrons. The van der Waals surface area contributed by atoms with E-state index in [0.717, 1.165) is 10.8 Å². The minimum Gasteiger partial charge on any atom is -0.482 e. The molecular formula is C5H6ClNOS. The first-order valence-corrected chi connectivity index (χ1v) is 3.61. The molecule has 1 N–H and O–H groups in total. The molecule has 1 aliphatic heterocycles. The molecule has 0 aromatic rings. The Morgan fingerprint density at radius 2 is 2.67 bits per heavy atom. The van der Waals surface area contributed by atoms with Crippen LogP contribution in [-0.2, 0) is 4.74 Å². The minimum absolute atomic E-state index is 0.743. The maximum absolute atomic E-state index is 5.41. The standard InChI is InChI=1S/C5H6ClNOS/c1-8-5-2-4(3-6)9-7-5/h2-3,7H,1H3/b4-3-. The summed E-state index contributed by atoms with van der Waals surface area (Å²) in [6, 6.07) is 0. The van der Waals surface area contributed by atoms with Gasteiger partial charge in [0, 0.05) is 16.5 Å². The fourth-order valence-electron chi connectivity index (χ4n) is 0.452. The second-order valence-corrected chi connectivity index (χ2v) is 2.53. The first-order chi connectivity index (χ1) is 4.36. The average molecular weight is 164 g/mol. The Balaban J connectivity index is 2.61. The Bertz CT molecular complexity index is 166. The number of allylic oxidation sites excluding steroid dienone is 1. The third-order valence-electron chi connectivity index (χ3n) is 0.870. The zero-order chi connectivity index (χ0) is 6.69. The molecule has 0 amide bonds. The third-order valence-corrected chi connectivity index (χ3v) is 2.01. The summed E-state index contributed by atoms with van der Waals surface area (Å²) >= 11 is 6.84. The van der Waals surface area contributed by atoms with Crippen molar-refractivity contribution in [2.45, 2.75) is 0 Å². The molecule has 0 aromatic carbocycles. The van der Waals surface area contributed by atoms with Gasteiger partial charge in [-0.25, -0.2) is 0 Å². The Hall–Kier alpha value is -0.280. The first-order valence-electron chi connectivity index (χ1n) is 2.35. The molecule has 0 aliphatic carbocycles. The summed E-state index contributed by atoms with van der Waals surface area (Å²) in [5.41, 5.74) is 1.50. The Kier molecular flexibility index (Phi) is 2.30. The lowest BCUT2D eigenvalue weighted by Gasteiger charge is -1.96. The quantitative estimate of drug-likeness (QED) is 0.596. The molecule has 1 rings (SSSR count). The highest BCUT2D eigenvalue weighted by molar-refractivity contribution is 8.01. The zero-order valence-electron chi connectivity index (χ0n) is 4.85. The van der Waals surface area contributed by atoms with Gasteiger partial charge in [-0.3, -0.25) is 4.72 Å². The summed E-state index contributed by atoms with van der Waals surface area (Å²) in [5, 5.41) is 0. The summed E-state index contributed by atoms with van der Waals surface area (Å²) in [5.74, 6) is 0.743. The van der Waals surface area contributed by atoms with Crippen molar-refractivity contribution in [3.05, 3.63) is 22.4 Å². The number of halogens is 1. The van der Waals surface area contributed by atoms with Crippen LogP contribution in [0.5, 0.6) is 0 Å². The molecule has 9 heavy (non-hydrogen) atoms. The predicted octanol–water partition coefficient (Wildman–Crippen LogP) is 1.81. The second kappa shape index (κ2) is 3.03. The van der Waals surface area contributed by atoms with Crippen molar-refractivity contribution in [3.63, 3.8) is 0 Å². The molecule has 0 spiro atoms. The van der Waals surface area contributed by atoms with Crippen LogP contribution in [0.4, 0.5) is 0 Å². The van der Waals surface area contributed by atoms with Crippen molar-refractivity contribution in [3.8, 4) is 0 Å². The van der Waals surface area contributed by atoms with Gasteiger partial charge < -0.3 is 4.74 Å². The molecule has 0 saturated heterocycles. The van der Waals surface area contributed by atoms with Crippen molar-refractivity contribution in [1.29, 1.82) is 0 Å². The number of hydrogen-bond donors (Lipinski definition) is 1. The fraction of sp³-hybridized carbons (Fsp3) is 0.200. The van der Waals surface area contributed by atoms with Gasteiger partial charge >= 0.3 is 0 Å². The van der Waals surface area contributed by atoms with Crippen LogP contribution in [0.15, 0.2) is 22.4 Å². The fourth-order valence-corrected chi connectivity index (χ4v) is 1.22. The smallest absolute Gasteiger partial charge is 0.197 e. The summed E-state index contributed by atoms with van der Waals surface area (Å²) in [6.45, 7) is 0. The third kappa shape index (κ3) is 1.56. The molecule has 1 aliphatic rings. The topological polar surface area (TPSA) is 21.3 Å². The Morgan fingerprint density at radius 3 is 3.00 bits per heavy atom. The van der Waals surface area contributed by atoms with E-state index in [1.165, 1.54) is 17.5 Å². The molecule has 4 heteroatoms. The van der Waals surface area contributed by atoms with Crippen LogP contribution in [0.2, 0.25) is 0 Å². The van der Waals surface area contributed by atoms with Crippen molar-refractivity contribution in [1.82, 2.24) is 4.72 Å². The second-order valence-electron chi connectivity index (χ2n) is 1.43. The SMILES string of the molecule is COC1=C/C(=C/Cl)SN1. The van der Waals surface area contributed by atoms with Gasteiger partial charge in [-0.2, -0.15) is 0 Å². The lowest BCUT2D eigenvalue weighted by Crippen LogP contribution is -1.97. The largest absolute Gasteiger partial charge is 0.482 e. The minimum atomic E-state index is 0.743.